The number of benzene rings is 1. The largest absolute Gasteiger partial charge is 0.361 e. The molecule has 1 amide bonds. The minimum atomic E-state index is -0.0881. The maximum absolute atomic E-state index is 12.1. The molecule has 0 bridgehead atoms. The predicted octanol–water partition coefficient (Wildman–Crippen LogP) is 1.82. The van der Waals surface area contributed by atoms with Crippen LogP contribution in [0.1, 0.15) is 16.1 Å². The van der Waals surface area contributed by atoms with Gasteiger partial charge in [-0.05, 0) is 18.2 Å². The van der Waals surface area contributed by atoms with Crippen LogP contribution in [-0.4, -0.2) is 20.9 Å². The first kappa shape index (κ1) is 10.6. The number of nitrogens with zero attached hydrogens (tertiary/aromatic N) is 1. The topological polar surface area (TPSA) is 73.6 Å². The Labute approximate surface area is 103 Å². The number of amides is 1. The average Bonchev–Trinajstić information content (AvgIpc) is 3.05. The van der Waals surface area contributed by atoms with E-state index in [1.165, 1.54) is 0 Å². The molecular weight excluding hydrogens is 228 g/mol. The number of aromatic amines is 2. The Bertz CT molecular complexity index is 669. The molecular formula is C13H12N4O. The van der Waals surface area contributed by atoms with Crippen LogP contribution in [0, 0.1) is 0 Å². The van der Waals surface area contributed by atoms with Crippen LogP contribution in [-0.2, 0) is 6.54 Å². The zero-order valence-corrected chi connectivity index (χ0v) is 9.60. The first-order valence-electron chi connectivity index (χ1n) is 5.66. The van der Waals surface area contributed by atoms with Gasteiger partial charge in [-0.1, -0.05) is 6.07 Å². The minimum absolute atomic E-state index is 0.0881. The summed E-state index contributed by atoms with van der Waals surface area (Å²) in [4.78, 5) is 22.0. The zero-order valence-electron chi connectivity index (χ0n) is 9.60. The number of nitrogens with one attached hydrogen (secondary N) is 3. The molecule has 0 spiro atoms. The van der Waals surface area contributed by atoms with Crippen LogP contribution in [0.15, 0.2) is 43.0 Å². The third kappa shape index (κ3) is 1.86. The lowest BCUT2D eigenvalue weighted by Crippen LogP contribution is -2.23. The van der Waals surface area contributed by atoms with Crippen LogP contribution in [0.4, 0.5) is 0 Å². The Morgan fingerprint density at radius 2 is 2.22 bits per heavy atom. The van der Waals surface area contributed by atoms with Crippen molar-refractivity contribution in [3.8, 4) is 0 Å². The molecule has 0 unspecified atom stereocenters. The van der Waals surface area contributed by atoms with Crippen molar-refractivity contribution in [1.82, 2.24) is 20.3 Å². The highest BCUT2D eigenvalue weighted by Crippen LogP contribution is 2.17. The molecule has 3 N–H and O–H groups in total. The van der Waals surface area contributed by atoms with E-state index in [9.17, 15) is 4.79 Å². The van der Waals surface area contributed by atoms with Gasteiger partial charge in [0, 0.05) is 28.9 Å². The molecule has 0 aliphatic carbocycles. The monoisotopic (exact) mass is 240 g/mol. The van der Waals surface area contributed by atoms with Gasteiger partial charge in [0.05, 0.1) is 18.6 Å². The van der Waals surface area contributed by atoms with Gasteiger partial charge in [0.1, 0.15) is 0 Å². The van der Waals surface area contributed by atoms with E-state index in [0.717, 1.165) is 16.6 Å². The molecule has 3 aromatic rings. The summed E-state index contributed by atoms with van der Waals surface area (Å²) in [5, 5.41) is 3.79. The van der Waals surface area contributed by atoms with Crippen LogP contribution in [0.25, 0.3) is 10.9 Å². The third-order valence-corrected chi connectivity index (χ3v) is 2.83. The van der Waals surface area contributed by atoms with Crippen molar-refractivity contribution in [2.24, 2.45) is 0 Å². The van der Waals surface area contributed by atoms with Crippen molar-refractivity contribution >= 4 is 16.8 Å². The van der Waals surface area contributed by atoms with Crippen molar-refractivity contribution in [3.63, 3.8) is 0 Å². The molecule has 0 fully saturated rings. The van der Waals surface area contributed by atoms with Crippen LogP contribution in [0.3, 0.4) is 0 Å². The lowest BCUT2D eigenvalue weighted by molar-refractivity contribution is 0.0952. The Hall–Kier alpha value is -2.56. The Kier molecular flexibility index (Phi) is 2.57. The minimum Gasteiger partial charge on any atom is -0.361 e. The summed E-state index contributed by atoms with van der Waals surface area (Å²) < 4.78 is 0. The Morgan fingerprint density at radius 1 is 1.28 bits per heavy atom. The molecule has 0 saturated carbocycles. The molecule has 0 aliphatic rings. The molecule has 0 atom stereocenters. The summed E-state index contributed by atoms with van der Waals surface area (Å²) in [5.74, 6) is -0.0881. The molecule has 3 rings (SSSR count). The molecule has 0 radical (unpaired) electrons. The van der Waals surface area contributed by atoms with Gasteiger partial charge in [0.2, 0.25) is 0 Å². The molecule has 2 aromatic heterocycles. The highest BCUT2D eigenvalue weighted by Gasteiger charge is 2.09. The van der Waals surface area contributed by atoms with Crippen LogP contribution in [0.2, 0.25) is 0 Å². The SMILES string of the molecule is O=C(NCc1cnc[nH]1)c1cccc2[nH]ccc12. The lowest BCUT2D eigenvalue weighted by atomic mass is 10.1. The summed E-state index contributed by atoms with van der Waals surface area (Å²) in [6.07, 6.45) is 5.11. The number of hydrogen-bond acceptors (Lipinski definition) is 2. The first-order valence-corrected chi connectivity index (χ1v) is 5.66. The van der Waals surface area contributed by atoms with Gasteiger partial charge < -0.3 is 15.3 Å². The van der Waals surface area contributed by atoms with E-state index in [2.05, 4.69) is 20.3 Å². The lowest BCUT2D eigenvalue weighted by Gasteiger charge is -2.04. The van der Waals surface area contributed by atoms with E-state index in [4.69, 9.17) is 0 Å². The van der Waals surface area contributed by atoms with Gasteiger partial charge in [-0.25, -0.2) is 4.98 Å². The summed E-state index contributed by atoms with van der Waals surface area (Å²) in [7, 11) is 0. The number of carbonyl (C=O) groups excluding carboxylic acids is 1. The maximum atomic E-state index is 12.1. The van der Waals surface area contributed by atoms with E-state index in [1.807, 2.05) is 30.5 Å². The Balaban J connectivity index is 1.81. The second kappa shape index (κ2) is 4.37. The second-order valence-corrected chi connectivity index (χ2v) is 4.00. The highest BCUT2D eigenvalue weighted by atomic mass is 16.1. The fourth-order valence-corrected chi connectivity index (χ4v) is 1.94. The molecule has 18 heavy (non-hydrogen) atoms. The number of carbonyl (C=O) groups is 1. The second-order valence-electron chi connectivity index (χ2n) is 4.00. The fraction of sp³-hybridized carbons (Fsp3) is 0.0769. The number of aromatic nitrogens is 3. The van der Waals surface area contributed by atoms with Gasteiger partial charge in [-0.3, -0.25) is 4.79 Å². The maximum Gasteiger partial charge on any atom is 0.252 e. The molecule has 5 nitrogen and oxygen atoms in total. The van der Waals surface area contributed by atoms with Gasteiger partial charge in [0.15, 0.2) is 0 Å². The predicted molar refractivity (Wildman–Crippen MR) is 68.1 cm³/mol. The summed E-state index contributed by atoms with van der Waals surface area (Å²) in [6.45, 7) is 0.444. The zero-order chi connectivity index (χ0) is 12.4. The summed E-state index contributed by atoms with van der Waals surface area (Å²) >= 11 is 0. The van der Waals surface area contributed by atoms with Crippen LogP contribution >= 0.6 is 0 Å². The number of fused-ring (bicyclic) bond motifs is 1. The molecule has 0 saturated heterocycles. The van der Waals surface area contributed by atoms with Gasteiger partial charge in [0.25, 0.3) is 5.91 Å². The third-order valence-electron chi connectivity index (χ3n) is 2.83. The molecule has 0 aliphatic heterocycles. The smallest absolute Gasteiger partial charge is 0.252 e. The van der Waals surface area contributed by atoms with Crippen molar-refractivity contribution in [2.45, 2.75) is 6.54 Å². The van der Waals surface area contributed by atoms with E-state index in [1.54, 1.807) is 12.5 Å². The quantitative estimate of drug-likeness (QED) is 0.653. The number of imidazole rings is 1. The fourth-order valence-electron chi connectivity index (χ4n) is 1.94. The van der Waals surface area contributed by atoms with Crippen LogP contribution in [0.5, 0.6) is 0 Å². The molecule has 5 heteroatoms. The molecule has 90 valence electrons. The number of H-pyrrole nitrogens is 2. The van der Waals surface area contributed by atoms with Gasteiger partial charge >= 0.3 is 0 Å². The van der Waals surface area contributed by atoms with Crippen molar-refractivity contribution in [3.05, 3.63) is 54.2 Å². The Morgan fingerprint density at radius 3 is 3.06 bits per heavy atom. The van der Waals surface area contributed by atoms with Crippen molar-refractivity contribution < 1.29 is 4.79 Å². The number of hydrogen-bond donors (Lipinski definition) is 3. The summed E-state index contributed by atoms with van der Waals surface area (Å²) in [5.41, 5.74) is 2.52. The molecule has 1 aromatic carbocycles. The average molecular weight is 240 g/mol. The standard InChI is InChI=1S/C13H12N4O/c18-13(16-7-9-6-14-8-17-9)11-2-1-3-12-10(11)4-5-15-12/h1-6,8,15H,7H2,(H,14,17)(H,16,18). The normalized spacial score (nSPS) is 10.7. The van der Waals surface area contributed by atoms with Gasteiger partial charge in [-0.2, -0.15) is 0 Å². The van der Waals surface area contributed by atoms with E-state index in [-0.39, 0.29) is 5.91 Å². The van der Waals surface area contributed by atoms with E-state index < -0.39 is 0 Å². The summed E-state index contributed by atoms with van der Waals surface area (Å²) in [6, 6.07) is 7.53. The molecule has 2 heterocycles. The van der Waals surface area contributed by atoms with E-state index in [0.29, 0.717) is 12.1 Å². The first-order chi connectivity index (χ1) is 8.84. The van der Waals surface area contributed by atoms with Crippen molar-refractivity contribution in [2.75, 3.05) is 0 Å². The van der Waals surface area contributed by atoms with E-state index >= 15 is 0 Å². The van der Waals surface area contributed by atoms with Crippen LogP contribution < -0.4 is 5.32 Å². The number of rotatable bonds is 3. The highest BCUT2D eigenvalue weighted by molar-refractivity contribution is 6.06. The van der Waals surface area contributed by atoms with Gasteiger partial charge in [-0.15, -0.1) is 0 Å². The van der Waals surface area contributed by atoms with Crippen molar-refractivity contribution in [1.29, 1.82) is 0 Å².